The Morgan fingerprint density at radius 3 is 1.31 bits per heavy atom. The van der Waals surface area contributed by atoms with E-state index in [0.717, 1.165) is 42.5 Å². The molecule has 8 rings (SSSR count). The van der Waals surface area contributed by atoms with Crippen LogP contribution in [0, 0.1) is 0 Å². The molecule has 0 radical (unpaired) electrons. The van der Waals surface area contributed by atoms with Crippen LogP contribution in [0.3, 0.4) is 0 Å². The van der Waals surface area contributed by atoms with Gasteiger partial charge in [-0.1, -0.05) is 10.1 Å². The molecule has 0 saturated carbocycles. The van der Waals surface area contributed by atoms with E-state index in [4.69, 9.17) is 19.6 Å². The van der Waals surface area contributed by atoms with Gasteiger partial charge in [0.2, 0.25) is 0 Å². The topological polar surface area (TPSA) is 573 Å². The minimum absolute atomic E-state index is 0.0150. The molecule has 0 heterocycles. The zero-order valence-electron chi connectivity index (χ0n) is 45.5. The fraction of sp³-hybridized carbons (Fsp3) is 0.0833. The highest BCUT2D eigenvalue weighted by molar-refractivity contribution is 7.95. The van der Waals surface area contributed by atoms with Crippen molar-refractivity contribution in [3.8, 4) is 23.0 Å². The number of fused-ring (bicyclic) bond motifs is 2. The van der Waals surface area contributed by atoms with Gasteiger partial charge in [-0.15, -0.1) is 39.4 Å². The molecule has 0 atom stereocenters. The van der Waals surface area contributed by atoms with Crippen LogP contribution >= 0.6 is 24.1 Å². The molecular formula is C48H39N9O28S8. The Kier molecular flexibility index (Phi) is 21.9. The lowest BCUT2D eigenvalue weighted by molar-refractivity contribution is -0.432. The van der Waals surface area contributed by atoms with Crippen molar-refractivity contribution in [3.05, 3.63) is 121 Å². The minimum Gasteiger partial charge on any atom is -0.506 e. The van der Waals surface area contributed by atoms with E-state index in [9.17, 15) is 80.0 Å². The third-order valence-corrected chi connectivity index (χ3v) is 19.2. The number of aromatic hydroxyl groups is 4. The molecule has 37 nitrogen and oxygen atoms in total. The molecule has 11 N–H and O–H groups in total. The van der Waals surface area contributed by atoms with Crippen LogP contribution in [0.2, 0.25) is 0 Å². The lowest BCUT2D eigenvalue weighted by Gasteiger charge is -2.12. The van der Waals surface area contributed by atoms with Crippen LogP contribution in [0.4, 0.5) is 56.9 Å². The van der Waals surface area contributed by atoms with Crippen molar-refractivity contribution in [1.82, 2.24) is 0 Å². The fourth-order valence-corrected chi connectivity index (χ4v) is 13.0. The smallest absolute Gasteiger partial charge is 0.397 e. The second-order valence-corrected chi connectivity index (χ2v) is 28.8. The van der Waals surface area contributed by atoms with Crippen molar-refractivity contribution in [2.75, 3.05) is 30.0 Å². The van der Waals surface area contributed by atoms with Crippen molar-refractivity contribution in [2.24, 2.45) is 40.9 Å². The predicted octanol–water partition coefficient (Wildman–Crippen LogP) is 10.8. The summed E-state index contributed by atoms with van der Waals surface area (Å²) in [5.74, 6) is -4.57. The first-order valence-corrected chi connectivity index (χ1v) is 34.9. The van der Waals surface area contributed by atoms with Crippen molar-refractivity contribution in [3.63, 3.8) is 0 Å². The number of sulfone groups is 2. The van der Waals surface area contributed by atoms with Gasteiger partial charge in [-0.2, -0.15) is 43.9 Å². The summed E-state index contributed by atoms with van der Waals surface area (Å²) >= 11 is 0.810. The van der Waals surface area contributed by atoms with Gasteiger partial charge in [0.05, 0.1) is 102 Å². The quantitative estimate of drug-likeness (QED) is 0.00713. The second kappa shape index (κ2) is 28.9. The van der Waals surface area contributed by atoms with Gasteiger partial charge in [0.15, 0.2) is 31.2 Å². The Labute approximate surface area is 531 Å². The molecule has 0 aliphatic carbocycles. The summed E-state index contributed by atoms with van der Waals surface area (Å²) in [7, 11) is -28.6. The largest absolute Gasteiger partial charge is 0.506 e. The lowest BCUT2D eigenvalue weighted by Crippen LogP contribution is -2.15. The molecule has 0 aliphatic heterocycles. The van der Waals surface area contributed by atoms with Gasteiger partial charge >= 0.3 is 20.8 Å². The Morgan fingerprint density at radius 2 is 0.860 bits per heavy atom. The SMILES string of the molecule is O=S(=O)(O)OCCS(=O)(=O)c1ccc(/N=N/c2c(SOOO)cc3cc(SOOO)cc(/N=N/c4ccc(Nc5ccc(/N=N/c6cc(S(=O)(=O)O)cc7cc(S(=O)(=O)O)c(/N=N/c8ccc(S(=O)(=O)CCOS(=O)(=O)O)cc8)c(O)c67)c(O)c5)cc4O)c3c2O)cc1. The Balaban J connectivity index is 1.05. The summed E-state index contributed by atoms with van der Waals surface area (Å²) in [6.07, 6.45) is 0. The van der Waals surface area contributed by atoms with Crippen LogP contribution in [0.25, 0.3) is 21.5 Å². The van der Waals surface area contributed by atoms with Crippen molar-refractivity contribution >= 4 is 163 Å². The van der Waals surface area contributed by atoms with Crippen LogP contribution in [-0.2, 0) is 87.8 Å². The molecule has 0 bridgehead atoms. The van der Waals surface area contributed by atoms with Crippen LogP contribution in [0.15, 0.2) is 192 Å². The van der Waals surface area contributed by atoms with Crippen molar-refractivity contribution in [1.29, 1.82) is 0 Å². The molecule has 8 aromatic rings. The molecule has 0 fully saturated rings. The van der Waals surface area contributed by atoms with E-state index in [1.54, 1.807) is 0 Å². The number of hydrogen-bond donors (Lipinski definition) is 11. The summed E-state index contributed by atoms with van der Waals surface area (Å²) in [4.78, 5) is -2.63. The van der Waals surface area contributed by atoms with Crippen LogP contribution in [0.5, 0.6) is 23.0 Å². The predicted molar refractivity (Wildman–Crippen MR) is 320 cm³/mol. The molecular weight excluding hydrogens is 1410 g/mol. The molecule has 0 unspecified atom stereocenters. The Morgan fingerprint density at radius 1 is 0.419 bits per heavy atom. The van der Waals surface area contributed by atoms with Gasteiger partial charge in [0, 0.05) is 28.4 Å². The summed E-state index contributed by atoms with van der Waals surface area (Å²) in [5.41, 5.74) is -2.41. The summed E-state index contributed by atoms with van der Waals surface area (Å²) < 4.78 is 199. The number of azo groups is 4. The van der Waals surface area contributed by atoms with Gasteiger partial charge < -0.3 is 25.7 Å². The van der Waals surface area contributed by atoms with E-state index in [1.807, 2.05) is 0 Å². The Hall–Kier alpha value is -8.40. The fourth-order valence-electron chi connectivity index (χ4n) is 7.93. The summed E-state index contributed by atoms with van der Waals surface area (Å²) in [6, 6.07) is 22.3. The van der Waals surface area contributed by atoms with Gasteiger partial charge in [0.1, 0.15) is 39.1 Å². The second-order valence-electron chi connectivity index (χ2n) is 18.1. The zero-order valence-corrected chi connectivity index (χ0v) is 52.1. The van der Waals surface area contributed by atoms with Gasteiger partial charge in [-0.05, 0) is 120 Å². The third-order valence-electron chi connectivity index (χ3n) is 12.0. The molecule has 0 spiro atoms. The van der Waals surface area contributed by atoms with Crippen molar-refractivity contribution in [2.45, 2.75) is 29.4 Å². The van der Waals surface area contributed by atoms with Gasteiger partial charge in [0.25, 0.3) is 20.2 Å². The summed E-state index contributed by atoms with van der Waals surface area (Å²) in [6.45, 7) is -1.82. The zero-order chi connectivity index (χ0) is 67.8. The van der Waals surface area contributed by atoms with Gasteiger partial charge in [-0.25, -0.2) is 35.7 Å². The number of phenols is 4. The maximum Gasteiger partial charge on any atom is 0.397 e. The standard InChI is InChI=1S/C48H39N9O28S8/c58-39-21-29(5-11-35(39)52-54-37-23-31(86-84-82-62)17-25-19-41(87-85-83-63)45(47(60)43(25)37)56-50-27-1-7-32(8-2-27)88(64,65)15-13-80-92(74,75)76)49-30-6-12-36(40(59)22-30)53-55-38-24-34(90(68,69)70)18-26-20-42(91(71,72)73)46(48(61)44(26)38)57-51-28-3-9-33(10-4-28)89(66,67)16-14-81-93(77,78)79/h1-12,17-24,49,58-63H,13-16H2,(H,68,69,70)(H,71,72,73)(H,74,75,76)(H,77,78,79)/b54-52+,55-53+,56-50+,57-51+. The molecule has 0 amide bonds. The van der Waals surface area contributed by atoms with E-state index in [0.29, 0.717) is 42.3 Å². The molecule has 0 aromatic heterocycles. The molecule has 0 aliphatic rings. The Bertz CT molecular complexity index is 5070. The van der Waals surface area contributed by atoms with E-state index < -0.39 is 140 Å². The van der Waals surface area contributed by atoms with Crippen molar-refractivity contribution < 1.29 is 127 Å². The number of anilines is 2. The maximum absolute atomic E-state index is 12.7. The first kappa shape index (κ1) is 70.5. The van der Waals surface area contributed by atoms with Gasteiger partial charge in [-0.3, -0.25) is 18.2 Å². The minimum atomic E-state index is -5.35. The molecule has 45 heteroatoms. The highest BCUT2D eigenvalue weighted by Gasteiger charge is 2.27. The monoisotopic (exact) mass is 1440 g/mol. The molecule has 0 saturated heterocycles. The normalized spacial score (nSPS) is 13.0. The number of nitrogens with one attached hydrogen (secondary N) is 1. The third kappa shape index (κ3) is 18.5. The average Bonchev–Trinajstić information content (AvgIpc) is 0.759. The van der Waals surface area contributed by atoms with Crippen LogP contribution in [0.1, 0.15) is 0 Å². The number of rotatable bonds is 28. The highest BCUT2D eigenvalue weighted by Crippen LogP contribution is 2.50. The number of nitrogens with zero attached hydrogens (tertiary/aromatic N) is 8. The van der Waals surface area contributed by atoms with Crippen LogP contribution in [-0.4, -0.2) is 124 Å². The number of phenolic OH excluding ortho intramolecular Hbond substituents is 4. The highest BCUT2D eigenvalue weighted by atomic mass is 32.3. The van der Waals surface area contributed by atoms with E-state index >= 15 is 0 Å². The van der Waals surface area contributed by atoms with E-state index in [1.165, 1.54) is 60.7 Å². The lowest BCUT2D eigenvalue weighted by atomic mass is 10.1. The molecule has 492 valence electrons. The number of hydrogen-bond acceptors (Lipinski definition) is 35. The molecule has 93 heavy (non-hydrogen) atoms. The van der Waals surface area contributed by atoms with E-state index in [-0.39, 0.29) is 75.9 Å². The average molecular weight is 1450 g/mol. The molecule has 8 aromatic carbocycles. The summed E-state index contributed by atoms with van der Waals surface area (Å²) in [5, 5.41) is 105. The number of benzene rings is 8. The first-order chi connectivity index (χ1) is 43.6. The van der Waals surface area contributed by atoms with E-state index in [2.05, 4.69) is 73.3 Å². The maximum atomic E-state index is 12.7. The van der Waals surface area contributed by atoms with Crippen LogP contribution < -0.4 is 5.32 Å². The first-order valence-electron chi connectivity index (χ1n) is 24.5.